The third-order valence-corrected chi connectivity index (χ3v) is 5.21. The Kier molecular flexibility index (Phi) is 4.85. The van der Waals surface area contributed by atoms with Crippen LogP contribution in [-0.4, -0.2) is 57.6 Å². The Morgan fingerprint density at radius 1 is 1.14 bits per heavy atom. The summed E-state index contributed by atoms with van der Waals surface area (Å²) >= 11 is 0. The van der Waals surface area contributed by atoms with Gasteiger partial charge in [-0.2, -0.15) is 4.98 Å². The van der Waals surface area contributed by atoms with Crippen molar-refractivity contribution in [2.75, 3.05) is 37.4 Å². The quantitative estimate of drug-likeness (QED) is 0.757. The second-order valence-electron chi connectivity index (χ2n) is 7.30. The van der Waals surface area contributed by atoms with E-state index in [9.17, 15) is 4.79 Å². The van der Waals surface area contributed by atoms with E-state index in [2.05, 4.69) is 30.9 Å². The zero-order chi connectivity index (χ0) is 19.7. The van der Waals surface area contributed by atoms with Crippen molar-refractivity contribution in [2.24, 2.45) is 0 Å². The van der Waals surface area contributed by atoms with Gasteiger partial charge >= 0.3 is 6.03 Å². The van der Waals surface area contributed by atoms with Crippen LogP contribution in [0.2, 0.25) is 0 Å². The Hall–Kier alpha value is -3.16. The number of urea groups is 1. The first-order chi connectivity index (χ1) is 13.5. The molecule has 1 N–H and O–H groups in total. The lowest BCUT2D eigenvalue weighted by atomic mass is 10.0. The molecule has 0 spiro atoms. The number of amides is 2. The predicted octanol–water partition coefficient (Wildman–Crippen LogP) is 3.07. The molecule has 2 aromatic heterocycles. The van der Waals surface area contributed by atoms with Crippen LogP contribution in [-0.2, 0) is 0 Å². The zero-order valence-electron chi connectivity index (χ0n) is 16.5. The van der Waals surface area contributed by atoms with Gasteiger partial charge in [0.05, 0.1) is 11.0 Å². The fourth-order valence-corrected chi connectivity index (χ4v) is 3.79. The molecule has 4 rings (SSSR count). The minimum Gasteiger partial charge on any atom is -0.363 e. The summed E-state index contributed by atoms with van der Waals surface area (Å²) in [6.45, 7) is 3.43. The first-order valence-electron chi connectivity index (χ1n) is 9.53. The monoisotopic (exact) mass is 379 g/mol. The molecule has 1 saturated heterocycles. The molecule has 2 amide bonds. The van der Waals surface area contributed by atoms with Gasteiger partial charge in [-0.3, -0.25) is 5.32 Å². The number of carbonyl (C=O) groups is 1. The SMILES string of the molecule is Cc1nc2ccccc2n1C1CCN(C(=O)Nc2nccc(N(C)C)n2)CC1. The van der Waals surface area contributed by atoms with E-state index in [1.165, 1.54) is 0 Å². The fourth-order valence-electron chi connectivity index (χ4n) is 3.79. The summed E-state index contributed by atoms with van der Waals surface area (Å²) in [7, 11) is 3.81. The lowest BCUT2D eigenvalue weighted by Crippen LogP contribution is -2.41. The number of para-hydroxylation sites is 2. The van der Waals surface area contributed by atoms with Crippen molar-refractivity contribution in [3.63, 3.8) is 0 Å². The van der Waals surface area contributed by atoms with Gasteiger partial charge in [0.25, 0.3) is 0 Å². The molecular formula is C20H25N7O. The highest BCUT2D eigenvalue weighted by Gasteiger charge is 2.26. The fraction of sp³-hybridized carbons (Fsp3) is 0.400. The molecule has 0 atom stereocenters. The van der Waals surface area contributed by atoms with Gasteiger partial charge < -0.3 is 14.4 Å². The number of anilines is 2. The molecule has 3 aromatic rings. The van der Waals surface area contributed by atoms with Crippen molar-refractivity contribution in [2.45, 2.75) is 25.8 Å². The van der Waals surface area contributed by atoms with Gasteiger partial charge in [0.2, 0.25) is 5.95 Å². The highest BCUT2D eigenvalue weighted by molar-refractivity contribution is 5.87. The van der Waals surface area contributed by atoms with E-state index in [1.807, 2.05) is 49.0 Å². The Morgan fingerprint density at radius 3 is 2.64 bits per heavy atom. The largest absolute Gasteiger partial charge is 0.363 e. The van der Waals surface area contributed by atoms with Crippen molar-refractivity contribution >= 4 is 28.8 Å². The van der Waals surface area contributed by atoms with Gasteiger partial charge in [-0.05, 0) is 38.0 Å². The minimum atomic E-state index is -0.151. The van der Waals surface area contributed by atoms with Gasteiger partial charge in [-0.15, -0.1) is 0 Å². The van der Waals surface area contributed by atoms with E-state index in [4.69, 9.17) is 0 Å². The summed E-state index contributed by atoms with van der Waals surface area (Å²) in [6, 6.07) is 10.2. The van der Waals surface area contributed by atoms with Crippen molar-refractivity contribution in [3.05, 3.63) is 42.4 Å². The summed E-state index contributed by atoms with van der Waals surface area (Å²) < 4.78 is 2.31. The van der Waals surface area contributed by atoms with Gasteiger partial charge in [0.1, 0.15) is 11.6 Å². The standard InChI is InChI=1S/C20H25N7O/c1-14-22-16-6-4-5-7-17(16)27(14)15-9-12-26(13-10-15)20(28)24-19-21-11-8-18(23-19)25(2)3/h4-8,11,15H,9-10,12-13H2,1-3H3,(H,21,23,24,28). The molecule has 0 radical (unpaired) electrons. The molecule has 3 heterocycles. The maximum absolute atomic E-state index is 12.6. The van der Waals surface area contributed by atoms with Gasteiger partial charge in [0.15, 0.2) is 0 Å². The number of hydrogen-bond acceptors (Lipinski definition) is 5. The van der Waals surface area contributed by atoms with Crippen molar-refractivity contribution in [3.8, 4) is 0 Å². The molecule has 1 fully saturated rings. The first-order valence-corrected chi connectivity index (χ1v) is 9.53. The topological polar surface area (TPSA) is 79.2 Å². The number of imidazole rings is 1. The number of aryl methyl sites for hydroxylation is 1. The molecule has 1 aromatic carbocycles. The average molecular weight is 379 g/mol. The summed E-state index contributed by atoms with van der Waals surface area (Å²) in [6.07, 6.45) is 3.44. The lowest BCUT2D eigenvalue weighted by Gasteiger charge is -2.33. The van der Waals surface area contributed by atoms with E-state index in [1.54, 1.807) is 12.3 Å². The maximum Gasteiger partial charge on any atom is 0.324 e. The van der Waals surface area contributed by atoms with E-state index >= 15 is 0 Å². The third kappa shape index (κ3) is 3.49. The number of carbonyl (C=O) groups excluding carboxylic acids is 1. The van der Waals surface area contributed by atoms with Crippen LogP contribution >= 0.6 is 0 Å². The van der Waals surface area contributed by atoms with Crippen LogP contribution in [0.4, 0.5) is 16.6 Å². The number of piperidine rings is 1. The van der Waals surface area contributed by atoms with Crippen LogP contribution in [0.3, 0.4) is 0 Å². The molecule has 8 nitrogen and oxygen atoms in total. The highest BCUT2D eigenvalue weighted by atomic mass is 16.2. The van der Waals surface area contributed by atoms with Gasteiger partial charge in [-0.1, -0.05) is 12.1 Å². The van der Waals surface area contributed by atoms with Crippen LogP contribution in [0.1, 0.15) is 24.7 Å². The average Bonchev–Trinajstić information content (AvgIpc) is 3.04. The summed E-state index contributed by atoms with van der Waals surface area (Å²) in [5.41, 5.74) is 2.19. The molecule has 0 saturated carbocycles. The molecule has 1 aliphatic heterocycles. The second-order valence-corrected chi connectivity index (χ2v) is 7.30. The van der Waals surface area contributed by atoms with Gasteiger partial charge in [0, 0.05) is 39.4 Å². The Bertz CT molecular complexity index is 989. The number of rotatable bonds is 3. The Balaban J connectivity index is 1.42. The molecule has 8 heteroatoms. The Labute approximate surface area is 164 Å². The highest BCUT2D eigenvalue weighted by Crippen LogP contribution is 2.28. The van der Waals surface area contributed by atoms with Crippen LogP contribution in [0.25, 0.3) is 11.0 Å². The van der Waals surface area contributed by atoms with E-state index in [-0.39, 0.29) is 6.03 Å². The molecular weight excluding hydrogens is 354 g/mol. The van der Waals surface area contributed by atoms with E-state index < -0.39 is 0 Å². The van der Waals surface area contributed by atoms with E-state index in [0.29, 0.717) is 25.1 Å². The van der Waals surface area contributed by atoms with Crippen LogP contribution < -0.4 is 10.2 Å². The normalized spacial score (nSPS) is 15.0. The van der Waals surface area contributed by atoms with E-state index in [0.717, 1.165) is 35.5 Å². The third-order valence-electron chi connectivity index (χ3n) is 5.21. The number of fused-ring (bicyclic) bond motifs is 1. The molecule has 0 bridgehead atoms. The number of nitrogens with one attached hydrogen (secondary N) is 1. The molecule has 1 aliphatic rings. The van der Waals surface area contributed by atoms with Crippen molar-refractivity contribution in [1.82, 2.24) is 24.4 Å². The maximum atomic E-state index is 12.6. The van der Waals surface area contributed by atoms with Gasteiger partial charge in [-0.25, -0.2) is 14.8 Å². The zero-order valence-corrected chi connectivity index (χ0v) is 16.5. The second kappa shape index (κ2) is 7.46. The predicted molar refractivity (Wildman–Crippen MR) is 110 cm³/mol. The van der Waals surface area contributed by atoms with Crippen LogP contribution in [0, 0.1) is 6.92 Å². The number of benzene rings is 1. The number of aromatic nitrogens is 4. The minimum absolute atomic E-state index is 0.151. The Morgan fingerprint density at radius 2 is 1.89 bits per heavy atom. The molecule has 146 valence electrons. The number of nitrogens with zero attached hydrogens (tertiary/aromatic N) is 6. The smallest absolute Gasteiger partial charge is 0.324 e. The summed E-state index contributed by atoms with van der Waals surface area (Å²) in [4.78, 5) is 29.5. The summed E-state index contributed by atoms with van der Waals surface area (Å²) in [5.74, 6) is 2.11. The first kappa shape index (κ1) is 18.2. The van der Waals surface area contributed by atoms with Crippen molar-refractivity contribution in [1.29, 1.82) is 0 Å². The summed E-state index contributed by atoms with van der Waals surface area (Å²) in [5, 5.41) is 2.82. The van der Waals surface area contributed by atoms with Crippen LogP contribution in [0.15, 0.2) is 36.5 Å². The molecule has 0 unspecified atom stereocenters. The molecule has 0 aliphatic carbocycles. The van der Waals surface area contributed by atoms with Crippen LogP contribution in [0.5, 0.6) is 0 Å². The number of hydrogen-bond donors (Lipinski definition) is 1. The lowest BCUT2D eigenvalue weighted by molar-refractivity contribution is 0.184. The number of likely N-dealkylation sites (tertiary alicyclic amines) is 1. The van der Waals surface area contributed by atoms with Crippen molar-refractivity contribution < 1.29 is 4.79 Å². The molecule has 28 heavy (non-hydrogen) atoms.